The summed E-state index contributed by atoms with van der Waals surface area (Å²) in [6.07, 6.45) is 3.83. The van der Waals surface area contributed by atoms with Crippen LogP contribution in [0.15, 0.2) is 66.2 Å². The van der Waals surface area contributed by atoms with Crippen molar-refractivity contribution in [3.8, 4) is 0 Å². The summed E-state index contributed by atoms with van der Waals surface area (Å²) in [5, 5.41) is 0. The van der Waals surface area contributed by atoms with Crippen LogP contribution >= 0.6 is 0 Å². The van der Waals surface area contributed by atoms with E-state index in [1.165, 1.54) is 36.0 Å². The lowest BCUT2D eigenvalue weighted by atomic mass is 9.92. The molecule has 1 saturated carbocycles. The molecular formula is C19H20. The third kappa shape index (κ3) is 2.63. The third-order valence-electron chi connectivity index (χ3n) is 4.01. The molecule has 96 valence electrons. The van der Waals surface area contributed by atoms with Gasteiger partial charge in [0, 0.05) is 0 Å². The second kappa shape index (κ2) is 5.44. The van der Waals surface area contributed by atoms with Crippen LogP contribution in [0.25, 0.3) is 5.57 Å². The van der Waals surface area contributed by atoms with Gasteiger partial charge >= 0.3 is 0 Å². The van der Waals surface area contributed by atoms with Gasteiger partial charge in [0.1, 0.15) is 0 Å². The summed E-state index contributed by atoms with van der Waals surface area (Å²) in [4.78, 5) is 0. The fourth-order valence-electron chi connectivity index (χ4n) is 3.06. The van der Waals surface area contributed by atoms with E-state index >= 15 is 0 Å². The summed E-state index contributed by atoms with van der Waals surface area (Å²) in [6, 6.07) is 21.7. The molecule has 0 N–H and O–H groups in total. The highest BCUT2D eigenvalue weighted by molar-refractivity contribution is 5.82. The molecule has 0 heteroatoms. The van der Waals surface area contributed by atoms with Gasteiger partial charge in [-0.1, -0.05) is 73.2 Å². The molecule has 0 spiro atoms. The zero-order chi connectivity index (χ0) is 13.1. The molecule has 1 unspecified atom stereocenters. The Kier molecular flexibility index (Phi) is 3.50. The monoisotopic (exact) mass is 248 g/mol. The highest BCUT2D eigenvalue weighted by Gasteiger charge is 2.20. The van der Waals surface area contributed by atoms with E-state index in [4.69, 9.17) is 0 Å². The normalized spacial score (nSPS) is 18.6. The van der Waals surface area contributed by atoms with Crippen LogP contribution in [0.1, 0.15) is 37.3 Å². The molecule has 1 aliphatic rings. The fourth-order valence-corrected chi connectivity index (χ4v) is 3.06. The quantitative estimate of drug-likeness (QED) is 0.675. The lowest BCUT2D eigenvalue weighted by molar-refractivity contribution is 0.620. The standard InChI is InChI=1S/C19H20/c1-15-12-13-18(14-15)19(16-8-4-2-5-9-16)17-10-6-3-7-11-17/h2-11,15H,12-14H2,1H3. The first-order valence-corrected chi connectivity index (χ1v) is 7.17. The van der Waals surface area contributed by atoms with Crippen LogP contribution in [-0.4, -0.2) is 0 Å². The van der Waals surface area contributed by atoms with E-state index in [2.05, 4.69) is 67.6 Å². The molecule has 0 amide bonds. The number of rotatable bonds is 2. The Hall–Kier alpha value is -1.82. The highest BCUT2D eigenvalue weighted by Crippen LogP contribution is 2.38. The van der Waals surface area contributed by atoms with Gasteiger partial charge in [0.05, 0.1) is 0 Å². The van der Waals surface area contributed by atoms with Crippen molar-refractivity contribution in [2.75, 3.05) is 0 Å². The topological polar surface area (TPSA) is 0 Å². The Labute approximate surface area is 115 Å². The van der Waals surface area contributed by atoms with Crippen LogP contribution in [-0.2, 0) is 0 Å². The average molecular weight is 248 g/mol. The largest absolute Gasteiger partial charge is 0.0622 e. The van der Waals surface area contributed by atoms with Crippen molar-refractivity contribution >= 4 is 5.57 Å². The summed E-state index contributed by atoms with van der Waals surface area (Å²) >= 11 is 0. The Bertz CT molecular complexity index is 522. The minimum atomic E-state index is 0.831. The van der Waals surface area contributed by atoms with E-state index in [0.717, 1.165) is 5.92 Å². The van der Waals surface area contributed by atoms with E-state index in [1.54, 1.807) is 5.57 Å². The number of benzene rings is 2. The molecule has 1 atom stereocenters. The Morgan fingerprint density at radius 1 is 0.842 bits per heavy atom. The summed E-state index contributed by atoms with van der Waals surface area (Å²) in [5.74, 6) is 0.831. The average Bonchev–Trinajstić information content (AvgIpc) is 2.88. The number of hydrogen-bond acceptors (Lipinski definition) is 0. The zero-order valence-corrected chi connectivity index (χ0v) is 11.5. The molecule has 0 radical (unpaired) electrons. The molecule has 1 fully saturated rings. The Balaban J connectivity index is 2.12. The second-order valence-electron chi connectivity index (χ2n) is 5.56. The summed E-state index contributed by atoms with van der Waals surface area (Å²) in [5.41, 5.74) is 5.81. The third-order valence-corrected chi connectivity index (χ3v) is 4.01. The molecule has 19 heavy (non-hydrogen) atoms. The van der Waals surface area contributed by atoms with Crippen LogP contribution < -0.4 is 0 Å². The summed E-state index contributed by atoms with van der Waals surface area (Å²) < 4.78 is 0. The van der Waals surface area contributed by atoms with Crippen molar-refractivity contribution in [2.24, 2.45) is 5.92 Å². The highest BCUT2D eigenvalue weighted by atomic mass is 14.2. The smallest absolute Gasteiger partial charge is 0.0119 e. The lowest BCUT2D eigenvalue weighted by Crippen LogP contribution is -1.92. The van der Waals surface area contributed by atoms with Crippen LogP contribution in [0.2, 0.25) is 0 Å². The second-order valence-corrected chi connectivity index (χ2v) is 5.56. The zero-order valence-electron chi connectivity index (χ0n) is 11.5. The van der Waals surface area contributed by atoms with E-state index in [1.807, 2.05) is 0 Å². The molecule has 2 aromatic carbocycles. The predicted octanol–water partition coefficient (Wildman–Crippen LogP) is 5.31. The van der Waals surface area contributed by atoms with Crippen LogP contribution in [0.3, 0.4) is 0 Å². The molecule has 1 aliphatic carbocycles. The minimum Gasteiger partial charge on any atom is -0.0622 e. The fraction of sp³-hybridized carbons (Fsp3) is 0.263. The first kappa shape index (κ1) is 12.2. The SMILES string of the molecule is CC1CCC(=C(c2ccccc2)c2ccccc2)C1. The Morgan fingerprint density at radius 3 is 1.79 bits per heavy atom. The Morgan fingerprint density at radius 2 is 1.37 bits per heavy atom. The molecule has 0 heterocycles. The molecule has 0 nitrogen and oxygen atoms in total. The van der Waals surface area contributed by atoms with Crippen LogP contribution in [0.5, 0.6) is 0 Å². The molecule has 2 aromatic rings. The predicted molar refractivity (Wildman–Crippen MR) is 81.9 cm³/mol. The van der Waals surface area contributed by atoms with Gasteiger partial charge in [0.2, 0.25) is 0 Å². The molecule has 0 aliphatic heterocycles. The van der Waals surface area contributed by atoms with E-state index in [0.29, 0.717) is 0 Å². The van der Waals surface area contributed by atoms with Crippen molar-refractivity contribution in [1.82, 2.24) is 0 Å². The minimum absolute atomic E-state index is 0.831. The maximum absolute atomic E-state index is 2.36. The lowest BCUT2D eigenvalue weighted by Gasteiger charge is -2.13. The van der Waals surface area contributed by atoms with Crippen molar-refractivity contribution < 1.29 is 0 Å². The van der Waals surface area contributed by atoms with Crippen molar-refractivity contribution in [3.63, 3.8) is 0 Å². The first-order valence-electron chi connectivity index (χ1n) is 7.17. The van der Waals surface area contributed by atoms with Gasteiger partial charge in [-0.2, -0.15) is 0 Å². The number of allylic oxidation sites excluding steroid dienone is 1. The molecule has 0 aromatic heterocycles. The van der Waals surface area contributed by atoms with Gasteiger partial charge in [-0.05, 0) is 41.9 Å². The van der Waals surface area contributed by atoms with E-state index in [9.17, 15) is 0 Å². The van der Waals surface area contributed by atoms with Gasteiger partial charge in [-0.3, -0.25) is 0 Å². The summed E-state index contributed by atoms with van der Waals surface area (Å²) in [6.45, 7) is 2.36. The van der Waals surface area contributed by atoms with Gasteiger partial charge in [0.25, 0.3) is 0 Å². The van der Waals surface area contributed by atoms with E-state index < -0.39 is 0 Å². The molecule has 0 bridgehead atoms. The van der Waals surface area contributed by atoms with Gasteiger partial charge in [0.15, 0.2) is 0 Å². The summed E-state index contributed by atoms with van der Waals surface area (Å²) in [7, 11) is 0. The van der Waals surface area contributed by atoms with Gasteiger partial charge in [-0.15, -0.1) is 0 Å². The van der Waals surface area contributed by atoms with Crippen LogP contribution in [0.4, 0.5) is 0 Å². The first-order chi connectivity index (χ1) is 9.34. The van der Waals surface area contributed by atoms with Gasteiger partial charge in [-0.25, -0.2) is 0 Å². The van der Waals surface area contributed by atoms with Crippen molar-refractivity contribution in [2.45, 2.75) is 26.2 Å². The van der Waals surface area contributed by atoms with Crippen molar-refractivity contribution in [3.05, 3.63) is 77.4 Å². The van der Waals surface area contributed by atoms with E-state index in [-0.39, 0.29) is 0 Å². The van der Waals surface area contributed by atoms with Crippen molar-refractivity contribution in [1.29, 1.82) is 0 Å². The molecule has 0 saturated heterocycles. The maximum Gasteiger partial charge on any atom is -0.0119 e. The van der Waals surface area contributed by atoms with Crippen LogP contribution in [0, 0.1) is 5.92 Å². The number of hydrogen-bond donors (Lipinski definition) is 0. The molecular weight excluding hydrogens is 228 g/mol. The molecule has 3 rings (SSSR count). The maximum atomic E-state index is 2.36. The van der Waals surface area contributed by atoms with Gasteiger partial charge < -0.3 is 0 Å².